The number of carboxylic acid groups (broad SMARTS) is 1. The maximum atomic E-state index is 13.5. The van der Waals surface area contributed by atoms with Gasteiger partial charge in [-0.05, 0) is 60.9 Å². The topological polar surface area (TPSA) is 71.5 Å². The number of nitrogens with zero attached hydrogens (tertiary/aromatic N) is 1. The number of ether oxygens (including phenoxy) is 1. The minimum atomic E-state index is -0.947. The Morgan fingerprint density at radius 3 is 2.72 bits per heavy atom. The number of anilines is 1. The van der Waals surface area contributed by atoms with E-state index in [2.05, 4.69) is 10.3 Å². The van der Waals surface area contributed by atoms with Crippen LogP contribution in [0.2, 0.25) is 0 Å². The molecule has 0 aliphatic carbocycles. The number of aliphatic carboxylic acids is 1. The predicted octanol–water partition coefficient (Wildman–Crippen LogP) is 7.18. The Morgan fingerprint density at radius 2 is 1.89 bits per heavy atom. The van der Waals surface area contributed by atoms with Gasteiger partial charge in [0.25, 0.3) is 0 Å². The number of hydrogen-bond acceptors (Lipinski definition) is 4. The number of unbranched alkanes of at least 4 members (excludes halogenated alkanes) is 1. The molecule has 0 bridgehead atoms. The van der Waals surface area contributed by atoms with Crippen molar-refractivity contribution in [2.75, 3.05) is 5.32 Å². The second-order valence-corrected chi connectivity index (χ2v) is 8.58. The smallest absolute Gasteiger partial charge is 0.344 e. The first-order valence-electron chi connectivity index (χ1n) is 12.1. The summed E-state index contributed by atoms with van der Waals surface area (Å²) >= 11 is 0. The van der Waals surface area contributed by atoms with E-state index in [4.69, 9.17) is 4.74 Å². The van der Waals surface area contributed by atoms with Gasteiger partial charge < -0.3 is 15.2 Å². The Bertz CT molecular complexity index is 1370. The van der Waals surface area contributed by atoms with Crippen LogP contribution in [0.3, 0.4) is 0 Å². The van der Waals surface area contributed by atoms with Gasteiger partial charge >= 0.3 is 5.97 Å². The minimum absolute atomic E-state index is 0.304. The summed E-state index contributed by atoms with van der Waals surface area (Å²) in [6, 6.07) is 23.8. The number of halogens is 1. The van der Waals surface area contributed by atoms with Crippen molar-refractivity contribution in [2.24, 2.45) is 0 Å². The lowest BCUT2D eigenvalue weighted by atomic mass is 10.1. The highest BCUT2D eigenvalue weighted by atomic mass is 19.1. The zero-order chi connectivity index (χ0) is 25.3. The molecule has 5 nitrogen and oxygen atoms in total. The van der Waals surface area contributed by atoms with E-state index in [9.17, 15) is 14.3 Å². The summed E-state index contributed by atoms with van der Waals surface area (Å²) in [5.74, 6) is -0.679. The van der Waals surface area contributed by atoms with Gasteiger partial charge in [0.15, 0.2) is 6.10 Å². The summed E-state index contributed by atoms with van der Waals surface area (Å²) in [6.45, 7) is 2.51. The molecule has 0 aliphatic rings. The van der Waals surface area contributed by atoms with Crippen LogP contribution in [-0.2, 0) is 11.3 Å². The summed E-state index contributed by atoms with van der Waals surface area (Å²) in [4.78, 5) is 16.1. The van der Waals surface area contributed by atoms with E-state index >= 15 is 0 Å². The largest absolute Gasteiger partial charge is 0.479 e. The van der Waals surface area contributed by atoms with Crippen molar-refractivity contribution in [3.05, 3.63) is 102 Å². The second-order valence-electron chi connectivity index (χ2n) is 8.58. The summed E-state index contributed by atoms with van der Waals surface area (Å²) in [5.41, 5.74) is 4.15. The zero-order valence-corrected chi connectivity index (χ0v) is 20.2. The summed E-state index contributed by atoms with van der Waals surface area (Å²) in [6.07, 6.45) is 5.18. The molecule has 0 saturated heterocycles. The monoisotopic (exact) mass is 484 g/mol. The third kappa shape index (κ3) is 6.69. The number of hydrogen-bond donors (Lipinski definition) is 2. The minimum Gasteiger partial charge on any atom is -0.479 e. The zero-order valence-electron chi connectivity index (χ0n) is 20.2. The van der Waals surface area contributed by atoms with Crippen LogP contribution in [-0.4, -0.2) is 22.2 Å². The highest BCUT2D eigenvalue weighted by molar-refractivity contribution is 5.81. The Kier molecular flexibility index (Phi) is 8.29. The van der Waals surface area contributed by atoms with Gasteiger partial charge in [-0.1, -0.05) is 55.8 Å². The molecule has 3 aromatic carbocycles. The molecule has 36 heavy (non-hydrogen) atoms. The Labute approximate surface area is 210 Å². The van der Waals surface area contributed by atoms with E-state index in [-0.39, 0.29) is 5.82 Å². The van der Waals surface area contributed by atoms with Crippen LogP contribution in [0, 0.1) is 5.82 Å². The first-order valence-corrected chi connectivity index (χ1v) is 12.1. The lowest BCUT2D eigenvalue weighted by Gasteiger charge is -2.18. The van der Waals surface area contributed by atoms with Crippen molar-refractivity contribution >= 4 is 34.7 Å². The predicted molar refractivity (Wildman–Crippen MR) is 142 cm³/mol. The van der Waals surface area contributed by atoms with Gasteiger partial charge in [0.05, 0.1) is 11.2 Å². The van der Waals surface area contributed by atoms with Gasteiger partial charge in [-0.15, -0.1) is 0 Å². The van der Waals surface area contributed by atoms with Crippen LogP contribution in [0.1, 0.15) is 43.0 Å². The summed E-state index contributed by atoms with van der Waals surface area (Å²) < 4.78 is 19.4. The van der Waals surface area contributed by atoms with Crippen molar-refractivity contribution in [3.8, 4) is 5.75 Å². The fourth-order valence-corrected chi connectivity index (χ4v) is 3.87. The molecule has 4 rings (SSSR count). The Hall–Kier alpha value is -4.19. The van der Waals surface area contributed by atoms with E-state index in [1.54, 1.807) is 12.1 Å². The van der Waals surface area contributed by atoms with Gasteiger partial charge in [0, 0.05) is 29.2 Å². The molecule has 6 heteroatoms. The van der Waals surface area contributed by atoms with Crippen molar-refractivity contribution in [1.29, 1.82) is 0 Å². The lowest BCUT2D eigenvalue weighted by Crippen LogP contribution is -2.27. The number of nitrogens with one attached hydrogen (secondary N) is 1. The summed E-state index contributed by atoms with van der Waals surface area (Å²) in [5, 5.41) is 13.8. The quantitative estimate of drug-likeness (QED) is 0.236. The van der Waals surface area contributed by atoms with Gasteiger partial charge in [-0.2, -0.15) is 0 Å². The van der Waals surface area contributed by atoms with E-state index in [1.807, 2.05) is 73.7 Å². The highest BCUT2D eigenvalue weighted by Crippen LogP contribution is 2.23. The molecule has 1 heterocycles. The fraction of sp³-hybridized carbons (Fsp3) is 0.200. The molecule has 0 saturated carbocycles. The molecular weight excluding hydrogens is 455 g/mol. The van der Waals surface area contributed by atoms with Crippen LogP contribution in [0.5, 0.6) is 5.75 Å². The molecule has 0 amide bonds. The number of para-hydroxylation sites is 1. The summed E-state index contributed by atoms with van der Waals surface area (Å²) in [7, 11) is 0. The fourth-order valence-electron chi connectivity index (χ4n) is 3.87. The average Bonchev–Trinajstić information content (AvgIpc) is 2.89. The number of rotatable bonds is 11. The van der Waals surface area contributed by atoms with E-state index in [0.29, 0.717) is 24.2 Å². The van der Waals surface area contributed by atoms with Crippen molar-refractivity contribution in [1.82, 2.24) is 4.98 Å². The third-order valence-electron chi connectivity index (χ3n) is 5.83. The van der Waals surface area contributed by atoms with Crippen molar-refractivity contribution in [3.63, 3.8) is 0 Å². The lowest BCUT2D eigenvalue weighted by molar-refractivity contribution is -0.145. The number of carbonyl (C=O) groups is 1. The van der Waals surface area contributed by atoms with Crippen LogP contribution in [0.25, 0.3) is 23.1 Å². The van der Waals surface area contributed by atoms with Crippen molar-refractivity contribution < 1.29 is 19.0 Å². The van der Waals surface area contributed by atoms with E-state index in [0.717, 1.165) is 40.7 Å². The molecule has 184 valence electrons. The first-order chi connectivity index (χ1) is 17.5. The van der Waals surface area contributed by atoms with Gasteiger partial charge in [-0.3, -0.25) is 0 Å². The SMILES string of the molecule is CCCCC(Oc1ccccc1CNc1cccc(C=Cc2ccc3ccc(F)cc3n2)c1)C(=O)O. The highest BCUT2D eigenvalue weighted by Gasteiger charge is 2.20. The molecule has 0 radical (unpaired) electrons. The maximum absolute atomic E-state index is 13.5. The second kappa shape index (κ2) is 12.0. The van der Waals surface area contributed by atoms with Crippen LogP contribution < -0.4 is 10.1 Å². The molecule has 2 N–H and O–H groups in total. The Balaban J connectivity index is 1.43. The molecule has 1 unspecified atom stereocenters. The molecule has 1 atom stereocenters. The molecule has 0 aliphatic heterocycles. The van der Waals surface area contributed by atoms with Gasteiger partial charge in [0.2, 0.25) is 0 Å². The average molecular weight is 485 g/mol. The Morgan fingerprint density at radius 1 is 1.06 bits per heavy atom. The van der Waals surface area contributed by atoms with E-state index < -0.39 is 12.1 Å². The number of pyridine rings is 1. The standard InChI is InChI=1S/C30H29FN2O3/c1-2-3-10-29(30(34)35)36-28-11-5-4-8-23(28)20-32-26-9-6-7-21(18-26)12-16-25-17-14-22-13-15-24(31)19-27(22)33-25/h4-9,11-19,29,32H,2-3,10,20H2,1H3,(H,34,35). The normalized spacial score (nSPS) is 12.1. The van der Waals surface area contributed by atoms with Gasteiger partial charge in [-0.25, -0.2) is 14.2 Å². The van der Waals surface area contributed by atoms with Crippen LogP contribution in [0.4, 0.5) is 10.1 Å². The number of carboxylic acids is 1. The number of benzene rings is 3. The van der Waals surface area contributed by atoms with Crippen LogP contribution >= 0.6 is 0 Å². The molecular formula is C30H29FN2O3. The third-order valence-corrected chi connectivity index (χ3v) is 5.83. The molecule has 4 aromatic rings. The number of fused-ring (bicyclic) bond motifs is 1. The van der Waals surface area contributed by atoms with E-state index in [1.165, 1.54) is 12.1 Å². The first kappa shape index (κ1) is 24.9. The van der Waals surface area contributed by atoms with Crippen LogP contribution in [0.15, 0.2) is 78.9 Å². The van der Waals surface area contributed by atoms with Crippen molar-refractivity contribution in [2.45, 2.75) is 38.8 Å². The van der Waals surface area contributed by atoms with Gasteiger partial charge in [0.1, 0.15) is 11.6 Å². The molecule has 0 spiro atoms. The maximum Gasteiger partial charge on any atom is 0.344 e. The number of aromatic nitrogens is 1. The molecule has 0 fully saturated rings. The molecule has 1 aromatic heterocycles.